The number of fused-ring (bicyclic) bond motifs is 1. The van der Waals surface area contributed by atoms with E-state index < -0.39 is 22.5 Å². The first kappa shape index (κ1) is 8.73. The van der Waals surface area contributed by atoms with Gasteiger partial charge in [0.15, 0.2) is 0 Å². The van der Waals surface area contributed by atoms with Gasteiger partial charge in [-0.2, -0.15) is 17.9 Å². The monoisotopic (exact) mass is 206 g/mol. The largest absolute Gasteiger partial charge is 0.322 e. The van der Waals surface area contributed by atoms with Crippen molar-refractivity contribution in [1.29, 1.82) is 0 Å². The van der Waals surface area contributed by atoms with Crippen LogP contribution in [0.25, 0.3) is 0 Å². The molecule has 2 amide bonds. The van der Waals surface area contributed by atoms with E-state index in [2.05, 4.69) is 9.44 Å². The molecular formula is C5H10N4O3S. The highest BCUT2D eigenvalue weighted by atomic mass is 32.2. The number of carbonyl (C=O) groups is 1. The lowest BCUT2D eigenvalue weighted by Gasteiger charge is -2.14. The Kier molecular flexibility index (Phi) is 1.57. The average Bonchev–Trinajstić information content (AvgIpc) is 2.44. The maximum Gasteiger partial charge on any atom is 0.322 e. The fourth-order valence-electron chi connectivity index (χ4n) is 1.55. The van der Waals surface area contributed by atoms with Crippen molar-refractivity contribution in [3.05, 3.63) is 0 Å². The molecular weight excluding hydrogens is 196 g/mol. The number of likely N-dealkylation sites (N-methyl/N-ethyl adjacent to an activating group) is 2. The number of hydrogen-bond donors (Lipinski definition) is 2. The smallest absolute Gasteiger partial charge is 0.308 e. The molecule has 7 nitrogen and oxygen atoms in total. The molecule has 2 N–H and O–H groups in total. The maximum absolute atomic E-state index is 11.3. The van der Waals surface area contributed by atoms with Gasteiger partial charge in [-0.1, -0.05) is 0 Å². The van der Waals surface area contributed by atoms with Crippen LogP contribution in [0.15, 0.2) is 0 Å². The Morgan fingerprint density at radius 2 is 1.54 bits per heavy atom. The Morgan fingerprint density at radius 1 is 1.15 bits per heavy atom. The quantitative estimate of drug-likeness (QED) is 0.484. The van der Waals surface area contributed by atoms with Crippen molar-refractivity contribution >= 4 is 16.2 Å². The molecule has 8 heteroatoms. The van der Waals surface area contributed by atoms with Crippen LogP contribution in [0.5, 0.6) is 0 Å². The third-order valence-electron chi connectivity index (χ3n) is 2.29. The van der Waals surface area contributed by atoms with E-state index in [1.807, 2.05) is 0 Å². The normalized spacial score (nSPS) is 36.9. The van der Waals surface area contributed by atoms with Gasteiger partial charge in [0, 0.05) is 14.1 Å². The van der Waals surface area contributed by atoms with Gasteiger partial charge in [-0.3, -0.25) is 0 Å². The minimum atomic E-state index is -3.43. The number of carbonyl (C=O) groups excluding carboxylic acids is 1. The zero-order valence-corrected chi connectivity index (χ0v) is 8.00. The van der Waals surface area contributed by atoms with Gasteiger partial charge in [0.25, 0.3) is 10.2 Å². The van der Waals surface area contributed by atoms with E-state index in [-0.39, 0.29) is 6.03 Å². The Labute approximate surface area is 75.9 Å². The summed E-state index contributed by atoms with van der Waals surface area (Å²) < 4.78 is 26.8. The lowest BCUT2D eigenvalue weighted by molar-refractivity contribution is 0.198. The van der Waals surface area contributed by atoms with E-state index in [1.165, 1.54) is 9.80 Å². The molecule has 2 saturated heterocycles. The fraction of sp³-hybridized carbons (Fsp3) is 0.800. The predicted octanol–water partition coefficient (Wildman–Crippen LogP) is -1.93. The lowest BCUT2D eigenvalue weighted by atomic mass is 10.4. The van der Waals surface area contributed by atoms with Gasteiger partial charge in [0.1, 0.15) is 12.3 Å². The number of urea groups is 1. The van der Waals surface area contributed by atoms with Crippen LogP contribution >= 0.6 is 0 Å². The SMILES string of the molecule is CN1C(=O)N(C)C2NS(=O)(=O)NC21. The van der Waals surface area contributed by atoms with Crippen LogP contribution < -0.4 is 9.44 Å². The molecule has 0 spiro atoms. The Morgan fingerprint density at radius 3 is 1.92 bits per heavy atom. The molecule has 0 aromatic carbocycles. The van der Waals surface area contributed by atoms with Crippen LogP contribution in [-0.2, 0) is 10.2 Å². The summed E-state index contributed by atoms with van der Waals surface area (Å²) in [6.07, 6.45) is -0.995. The molecule has 0 aromatic heterocycles. The zero-order valence-electron chi connectivity index (χ0n) is 7.18. The van der Waals surface area contributed by atoms with Crippen molar-refractivity contribution in [3.63, 3.8) is 0 Å². The molecule has 0 radical (unpaired) electrons. The molecule has 2 rings (SSSR count). The second-order valence-corrected chi connectivity index (χ2v) is 4.61. The van der Waals surface area contributed by atoms with Crippen LogP contribution in [0, 0.1) is 0 Å². The van der Waals surface area contributed by atoms with E-state index in [0.29, 0.717) is 0 Å². The van der Waals surface area contributed by atoms with E-state index in [4.69, 9.17) is 0 Å². The van der Waals surface area contributed by atoms with E-state index >= 15 is 0 Å². The third-order valence-corrected chi connectivity index (χ3v) is 3.39. The number of nitrogens with one attached hydrogen (secondary N) is 2. The molecule has 2 heterocycles. The van der Waals surface area contributed by atoms with Crippen molar-refractivity contribution < 1.29 is 13.2 Å². The highest BCUT2D eigenvalue weighted by Crippen LogP contribution is 2.20. The van der Waals surface area contributed by atoms with Gasteiger partial charge in [-0.15, -0.1) is 0 Å². The summed E-state index contributed by atoms with van der Waals surface area (Å²) in [5.74, 6) is 0. The molecule has 0 aliphatic carbocycles. The van der Waals surface area contributed by atoms with Crippen molar-refractivity contribution in [3.8, 4) is 0 Å². The predicted molar refractivity (Wildman–Crippen MR) is 43.7 cm³/mol. The van der Waals surface area contributed by atoms with Crippen LogP contribution in [0.2, 0.25) is 0 Å². The first-order valence-corrected chi connectivity index (χ1v) is 5.20. The Bertz CT molecular complexity index is 327. The summed E-state index contributed by atoms with van der Waals surface area (Å²) in [5, 5.41) is 0. The molecule has 2 fully saturated rings. The summed E-state index contributed by atoms with van der Waals surface area (Å²) in [7, 11) is -0.321. The fourth-order valence-corrected chi connectivity index (χ4v) is 2.83. The minimum Gasteiger partial charge on any atom is -0.308 e. The summed E-state index contributed by atoms with van der Waals surface area (Å²) in [6, 6.07) is -0.204. The molecule has 0 bridgehead atoms. The first-order chi connectivity index (χ1) is 5.92. The molecule has 2 atom stereocenters. The highest BCUT2D eigenvalue weighted by Gasteiger charge is 2.50. The van der Waals surface area contributed by atoms with Crippen LogP contribution in [0.3, 0.4) is 0 Å². The van der Waals surface area contributed by atoms with Crippen molar-refractivity contribution in [2.75, 3.05) is 14.1 Å². The average molecular weight is 206 g/mol. The van der Waals surface area contributed by atoms with Gasteiger partial charge in [-0.05, 0) is 0 Å². The van der Waals surface area contributed by atoms with Crippen molar-refractivity contribution in [2.24, 2.45) is 0 Å². The summed E-state index contributed by atoms with van der Waals surface area (Å²) in [5.41, 5.74) is 0. The molecule has 0 saturated carbocycles. The van der Waals surface area contributed by atoms with Crippen molar-refractivity contribution in [1.82, 2.24) is 19.2 Å². The zero-order chi connectivity index (χ0) is 9.80. The number of amides is 2. The van der Waals surface area contributed by atoms with Gasteiger partial charge in [0.05, 0.1) is 0 Å². The standard InChI is InChI=1S/C5H10N4O3S/c1-8-3-4(9(2)5(8)10)7-13(11,12)6-3/h3-4,6-7H,1-2H3. The molecule has 13 heavy (non-hydrogen) atoms. The third kappa shape index (κ3) is 1.10. The second-order valence-electron chi connectivity index (χ2n) is 3.13. The van der Waals surface area contributed by atoms with Crippen LogP contribution in [-0.4, -0.2) is 50.7 Å². The van der Waals surface area contributed by atoms with Gasteiger partial charge >= 0.3 is 6.03 Å². The lowest BCUT2D eigenvalue weighted by Crippen LogP contribution is -2.41. The van der Waals surface area contributed by atoms with Crippen molar-refractivity contribution in [2.45, 2.75) is 12.3 Å². The number of hydrogen-bond acceptors (Lipinski definition) is 3. The summed E-state index contributed by atoms with van der Waals surface area (Å²) in [4.78, 5) is 14.0. The highest BCUT2D eigenvalue weighted by molar-refractivity contribution is 7.87. The molecule has 2 unspecified atom stereocenters. The summed E-state index contributed by atoms with van der Waals surface area (Å²) >= 11 is 0. The van der Waals surface area contributed by atoms with Crippen LogP contribution in [0.1, 0.15) is 0 Å². The second kappa shape index (κ2) is 2.34. The van der Waals surface area contributed by atoms with Gasteiger partial charge in [-0.25, -0.2) is 4.79 Å². The Balaban J connectivity index is 2.33. The van der Waals surface area contributed by atoms with E-state index in [9.17, 15) is 13.2 Å². The maximum atomic E-state index is 11.3. The van der Waals surface area contributed by atoms with E-state index in [1.54, 1.807) is 14.1 Å². The first-order valence-electron chi connectivity index (χ1n) is 3.71. The van der Waals surface area contributed by atoms with E-state index in [0.717, 1.165) is 0 Å². The van der Waals surface area contributed by atoms with Crippen LogP contribution in [0.4, 0.5) is 4.79 Å². The molecule has 2 aliphatic rings. The van der Waals surface area contributed by atoms with Gasteiger partial charge in [0.2, 0.25) is 0 Å². The van der Waals surface area contributed by atoms with Gasteiger partial charge < -0.3 is 9.80 Å². The summed E-state index contributed by atoms with van der Waals surface area (Å²) in [6.45, 7) is 0. The number of nitrogens with zero attached hydrogens (tertiary/aromatic N) is 2. The molecule has 2 aliphatic heterocycles. The number of rotatable bonds is 0. The Hall–Kier alpha value is -0.860. The topological polar surface area (TPSA) is 81.8 Å². The minimum absolute atomic E-state index is 0.204. The molecule has 74 valence electrons. The molecule has 0 aromatic rings.